The van der Waals surface area contributed by atoms with Crippen LogP contribution in [0.1, 0.15) is 64.4 Å². The minimum Gasteiger partial charge on any atom is -0.507 e. The predicted octanol–water partition coefficient (Wildman–Crippen LogP) is 8.53. The van der Waals surface area contributed by atoms with Crippen molar-refractivity contribution in [2.24, 2.45) is 17.8 Å². The third kappa shape index (κ3) is 7.05. The first-order valence-electron chi connectivity index (χ1n) is 17.5. The Morgan fingerprint density at radius 2 is 1.55 bits per heavy atom. The molecule has 0 saturated carbocycles. The van der Waals surface area contributed by atoms with Crippen molar-refractivity contribution in [3.05, 3.63) is 113 Å². The first kappa shape index (κ1) is 34.2. The average Bonchev–Trinajstić information content (AvgIpc) is 3.37. The van der Waals surface area contributed by atoms with Gasteiger partial charge in [-0.05, 0) is 91.1 Å². The molecule has 1 saturated heterocycles. The summed E-state index contributed by atoms with van der Waals surface area (Å²) in [7, 11) is 0. The fraction of sp³-hybridized carbons (Fsp3) is 0.333. The van der Waals surface area contributed by atoms with Crippen molar-refractivity contribution in [2.45, 2.75) is 64.9 Å². The number of hydrogen-bond acceptors (Lipinski definition) is 6. The Bertz CT molecular complexity index is 1860. The van der Waals surface area contributed by atoms with E-state index in [0.717, 1.165) is 58.1 Å². The number of aliphatic hydroxyl groups is 2. The molecule has 7 nitrogen and oxygen atoms in total. The second-order valence-corrected chi connectivity index (χ2v) is 13.3. The van der Waals surface area contributed by atoms with Gasteiger partial charge in [0.25, 0.3) is 0 Å². The number of amides is 2. The molecule has 1 aliphatic heterocycles. The van der Waals surface area contributed by atoms with Crippen LogP contribution in [0.2, 0.25) is 0 Å². The molecule has 0 spiro atoms. The van der Waals surface area contributed by atoms with Crippen LogP contribution in [0.15, 0.2) is 108 Å². The first-order chi connectivity index (χ1) is 23.8. The summed E-state index contributed by atoms with van der Waals surface area (Å²) in [6.45, 7) is 3.89. The highest BCUT2D eigenvalue weighted by atomic mass is 16.3. The molecule has 4 aromatic carbocycles. The van der Waals surface area contributed by atoms with Crippen molar-refractivity contribution in [2.75, 3.05) is 16.8 Å². The summed E-state index contributed by atoms with van der Waals surface area (Å²) in [5.74, 6) is -2.23. The zero-order chi connectivity index (χ0) is 34.5. The zero-order valence-corrected chi connectivity index (χ0v) is 28.3. The third-order valence-corrected chi connectivity index (χ3v) is 10.1. The number of fused-ring (bicyclic) bond motifs is 2. The lowest BCUT2D eigenvalue weighted by atomic mass is 9.67. The minimum atomic E-state index is -0.850. The molecule has 0 aromatic heterocycles. The molecular formula is C42H46N2O5. The second kappa shape index (κ2) is 15.2. The molecule has 1 fully saturated rings. The Morgan fingerprint density at radius 3 is 2.24 bits per heavy atom. The van der Waals surface area contributed by atoms with Gasteiger partial charge in [-0.15, -0.1) is 0 Å². The maximum atomic E-state index is 14.1. The van der Waals surface area contributed by atoms with Gasteiger partial charge in [-0.3, -0.25) is 14.5 Å². The summed E-state index contributed by atoms with van der Waals surface area (Å²) >= 11 is 0. The number of imide groups is 1. The third-order valence-electron chi connectivity index (χ3n) is 10.1. The number of carbonyl (C=O) groups is 2. The first-order valence-corrected chi connectivity index (χ1v) is 17.5. The molecular weight excluding hydrogens is 612 g/mol. The minimum absolute atomic E-state index is 0.242. The Kier molecular flexibility index (Phi) is 10.6. The van der Waals surface area contributed by atoms with Crippen LogP contribution < -0.4 is 10.2 Å². The van der Waals surface area contributed by atoms with Crippen molar-refractivity contribution >= 4 is 45.7 Å². The molecule has 6 rings (SSSR count). The van der Waals surface area contributed by atoms with Gasteiger partial charge >= 0.3 is 0 Å². The van der Waals surface area contributed by atoms with Crippen LogP contribution in [-0.2, 0) is 9.59 Å². The SMILES string of the molecule is CCCC1=C([C@H](O)CC/C(=C/c2ccc(O)c3ccccc23)CCC)[C@H](CO)[C@@H]2C(=O)N(c3ccc(Nc4ccccc4)cc3)C(=O)[C@@H]2C1. The number of benzene rings is 4. The second-order valence-electron chi connectivity index (χ2n) is 13.3. The normalized spacial score (nSPS) is 20.2. The Hall–Kier alpha value is -4.72. The largest absolute Gasteiger partial charge is 0.507 e. The fourth-order valence-electron chi connectivity index (χ4n) is 7.85. The Balaban J connectivity index is 1.23. The number of aliphatic hydroxyl groups excluding tert-OH is 2. The van der Waals surface area contributed by atoms with Gasteiger partial charge in [0.1, 0.15) is 5.75 Å². The zero-order valence-electron chi connectivity index (χ0n) is 28.3. The molecule has 49 heavy (non-hydrogen) atoms. The maximum absolute atomic E-state index is 14.1. The van der Waals surface area contributed by atoms with Crippen molar-refractivity contribution in [1.82, 2.24) is 0 Å². The van der Waals surface area contributed by atoms with Gasteiger partial charge < -0.3 is 20.6 Å². The molecule has 4 N–H and O–H groups in total. The number of anilines is 3. The van der Waals surface area contributed by atoms with E-state index in [9.17, 15) is 24.9 Å². The van der Waals surface area contributed by atoms with E-state index >= 15 is 0 Å². The van der Waals surface area contributed by atoms with Crippen LogP contribution in [0.25, 0.3) is 16.8 Å². The Labute approximate surface area is 288 Å². The number of aromatic hydroxyl groups is 1. The maximum Gasteiger partial charge on any atom is 0.238 e. The van der Waals surface area contributed by atoms with Gasteiger partial charge in [-0.25, -0.2) is 0 Å². The van der Waals surface area contributed by atoms with Crippen LogP contribution in [0.5, 0.6) is 5.75 Å². The molecule has 2 amide bonds. The number of nitrogens with zero attached hydrogens (tertiary/aromatic N) is 1. The van der Waals surface area contributed by atoms with Crippen molar-refractivity contribution < 1.29 is 24.9 Å². The fourth-order valence-corrected chi connectivity index (χ4v) is 7.85. The number of nitrogens with one attached hydrogen (secondary N) is 1. The molecule has 1 aliphatic carbocycles. The molecule has 2 aliphatic rings. The van der Waals surface area contributed by atoms with E-state index in [1.165, 1.54) is 10.5 Å². The molecule has 254 valence electrons. The molecule has 7 heteroatoms. The van der Waals surface area contributed by atoms with E-state index in [1.54, 1.807) is 18.2 Å². The van der Waals surface area contributed by atoms with Crippen LogP contribution in [0, 0.1) is 17.8 Å². The van der Waals surface area contributed by atoms with Crippen LogP contribution in [0.4, 0.5) is 17.1 Å². The van der Waals surface area contributed by atoms with E-state index in [2.05, 4.69) is 25.2 Å². The molecule has 0 radical (unpaired) electrons. The summed E-state index contributed by atoms with van der Waals surface area (Å²) in [5, 5.41) is 38.1. The molecule has 4 aromatic rings. The van der Waals surface area contributed by atoms with Crippen molar-refractivity contribution in [3.8, 4) is 5.75 Å². The van der Waals surface area contributed by atoms with Crippen LogP contribution in [-0.4, -0.2) is 39.8 Å². The van der Waals surface area contributed by atoms with E-state index < -0.39 is 23.9 Å². The van der Waals surface area contributed by atoms with Crippen molar-refractivity contribution in [1.29, 1.82) is 0 Å². The molecule has 0 unspecified atom stereocenters. The number of phenolic OH excluding ortho intramolecular Hbond substituents is 1. The number of allylic oxidation sites excluding steroid dienone is 2. The van der Waals surface area contributed by atoms with E-state index in [-0.39, 0.29) is 24.2 Å². The highest BCUT2D eigenvalue weighted by Crippen LogP contribution is 2.48. The lowest BCUT2D eigenvalue weighted by Crippen LogP contribution is -2.39. The van der Waals surface area contributed by atoms with Crippen LogP contribution in [0.3, 0.4) is 0 Å². The predicted molar refractivity (Wildman–Crippen MR) is 197 cm³/mol. The van der Waals surface area contributed by atoms with Gasteiger partial charge in [0.2, 0.25) is 11.8 Å². The van der Waals surface area contributed by atoms with Crippen LogP contribution >= 0.6 is 0 Å². The molecule has 1 heterocycles. The molecule has 4 atom stereocenters. The summed E-state index contributed by atoms with van der Waals surface area (Å²) in [6.07, 6.45) is 6.14. The van der Waals surface area contributed by atoms with Gasteiger partial charge in [0.05, 0.1) is 30.2 Å². The lowest BCUT2D eigenvalue weighted by Gasteiger charge is -2.36. The van der Waals surface area contributed by atoms with Crippen molar-refractivity contribution in [3.63, 3.8) is 0 Å². The van der Waals surface area contributed by atoms with Gasteiger partial charge in [0.15, 0.2) is 0 Å². The highest BCUT2D eigenvalue weighted by Gasteiger charge is 2.55. The number of para-hydroxylation sites is 1. The molecule has 0 bridgehead atoms. The summed E-state index contributed by atoms with van der Waals surface area (Å²) < 4.78 is 0. The lowest BCUT2D eigenvalue weighted by molar-refractivity contribution is -0.123. The number of hydrogen-bond donors (Lipinski definition) is 4. The average molecular weight is 659 g/mol. The van der Waals surface area contributed by atoms with Gasteiger partial charge in [-0.2, -0.15) is 0 Å². The standard InChI is InChI=1S/C42H46N2O5/c1-3-10-27(24-28-17-23-37(46)34-15-9-8-14-33(28)34)16-22-38(47)39-29(11-4-2)25-35-40(36(39)26-45)42(49)44(41(35)48)32-20-18-31(19-21-32)43-30-12-6-5-7-13-30/h5-9,12-15,17-21,23-24,35-36,38,40,43,45-47H,3-4,10-11,16,22,25-26H2,1-2H3/b27-24+/t35-,36+,38-,40-/m1/s1. The summed E-state index contributed by atoms with van der Waals surface area (Å²) in [6, 6.07) is 28.5. The smallest absolute Gasteiger partial charge is 0.238 e. The number of phenols is 1. The van der Waals surface area contributed by atoms with Gasteiger partial charge in [0, 0.05) is 22.7 Å². The quantitative estimate of drug-likeness (QED) is 0.0847. The number of carbonyl (C=O) groups excluding carboxylic acids is 2. The van der Waals surface area contributed by atoms with Gasteiger partial charge in [-0.1, -0.05) is 92.4 Å². The van der Waals surface area contributed by atoms with E-state index in [1.807, 2.05) is 72.8 Å². The Morgan fingerprint density at radius 1 is 0.857 bits per heavy atom. The highest BCUT2D eigenvalue weighted by molar-refractivity contribution is 6.22. The monoisotopic (exact) mass is 658 g/mol. The number of rotatable bonds is 13. The summed E-state index contributed by atoms with van der Waals surface area (Å²) in [4.78, 5) is 29.2. The topological polar surface area (TPSA) is 110 Å². The van der Waals surface area contributed by atoms with E-state index in [4.69, 9.17) is 0 Å². The summed E-state index contributed by atoms with van der Waals surface area (Å²) in [5.41, 5.74) is 6.22. The van der Waals surface area contributed by atoms with E-state index in [0.29, 0.717) is 31.4 Å².